The average Bonchev–Trinajstić information content (AvgIpc) is 2.84. The summed E-state index contributed by atoms with van der Waals surface area (Å²) in [4.78, 5) is 19.1. The van der Waals surface area contributed by atoms with Gasteiger partial charge in [0.2, 0.25) is 0 Å². The van der Waals surface area contributed by atoms with Gasteiger partial charge in [-0.25, -0.2) is 0 Å². The molecule has 0 radical (unpaired) electrons. The normalized spacial score (nSPS) is 21.4. The molecule has 2 heterocycles. The molecule has 1 fully saturated rings. The molecular weight excluding hydrogens is 236 g/mol. The maximum Gasteiger partial charge on any atom is 0.307 e. The summed E-state index contributed by atoms with van der Waals surface area (Å²) >= 11 is 1.67. The molecule has 0 spiro atoms. The zero-order chi connectivity index (χ0) is 12.1. The lowest BCUT2D eigenvalue weighted by molar-refractivity contribution is -0.142. The fourth-order valence-corrected chi connectivity index (χ4v) is 2.91. The third-order valence-electron chi connectivity index (χ3n) is 3.22. The lowest BCUT2D eigenvalue weighted by atomic mass is 9.99. The van der Waals surface area contributed by atoms with Crippen LogP contribution < -0.4 is 0 Å². The summed E-state index contributed by atoms with van der Waals surface area (Å²) in [5.74, 6) is -0.105. The predicted octanol–water partition coefficient (Wildman–Crippen LogP) is 2.06. The number of hydrogen-bond donors (Lipinski definition) is 0. The van der Waals surface area contributed by atoms with Crippen molar-refractivity contribution in [2.75, 3.05) is 13.7 Å². The minimum absolute atomic E-state index is 0.105. The first-order valence-electron chi connectivity index (χ1n) is 5.98. The van der Waals surface area contributed by atoms with Gasteiger partial charge in [-0.1, -0.05) is 6.42 Å². The van der Waals surface area contributed by atoms with E-state index in [2.05, 4.69) is 9.88 Å². The molecule has 1 aliphatic heterocycles. The van der Waals surface area contributed by atoms with Crippen molar-refractivity contribution < 1.29 is 9.53 Å². The van der Waals surface area contributed by atoms with Gasteiger partial charge in [0.1, 0.15) is 0 Å². The molecule has 0 bridgehead atoms. The highest BCUT2D eigenvalue weighted by molar-refractivity contribution is 7.09. The van der Waals surface area contributed by atoms with Crippen LogP contribution in [0.2, 0.25) is 0 Å². The number of thiazole rings is 1. The molecule has 2 rings (SSSR count). The molecule has 1 atom stereocenters. The number of rotatable bonds is 4. The van der Waals surface area contributed by atoms with Crippen molar-refractivity contribution in [3.8, 4) is 0 Å². The highest BCUT2D eigenvalue weighted by Crippen LogP contribution is 2.23. The minimum Gasteiger partial charge on any atom is -0.469 e. The van der Waals surface area contributed by atoms with Gasteiger partial charge in [0.05, 0.1) is 19.0 Å². The van der Waals surface area contributed by atoms with Crippen LogP contribution in [0.15, 0.2) is 11.7 Å². The monoisotopic (exact) mass is 254 g/mol. The van der Waals surface area contributed by atoms with Gasteiger partial charge in [-0.2, -0.15) is 0 Å². The SMILES string of the molecule is COC(=O)CC1CCCCN1Cc1cncs1. The molecule has 5 heteroatoms. The number of ether oxygens (including phenoxy) is 1. The summed E-state index contributed by atoms with van der Waals surface area (Å²) in [5.41, 5.74) is 1.86. The Labute approximate surface area is 106 Å². The van der Waals surface area contributed by atoms with E-state index >= 15 is 0 Å². The van der Waals surface area contributed by atoms with E-state index in [9.17, 15) is 4.79 Å². The van der Waals surface area contributed by atoms with Crippen molar-refractivity contribution >= 4 is 17.3 Å². The standard InChI is InChI=1S/C12H18N2O2S/c1-16-12(15)6-10-4-2-3-5-14(10)8-11-7-13-9-17-11/h7,9-10H,2-6,8H2,1H3. The van der Waals surface area contributed by atoms with Gasteiger partial charge in [-0.05, 0) is 19.4 Å². The first-order chi connectivity index (χ1) is 8.29. The summed E-state index contributed by atoms with van der Waals surface area (Å²) in [5, 5.41) is 0. The first-order valence-corrected chi connectivity index (χ1v) is 6.86. The number of aromatic nitrogens is 1. The Morgan fingerprint density at radius 1 is 1.65 bits per heavy atom. The number of methoxy groups -OCH3 is 1. The molecule has 1 aliphatic rings. The first kappa shape index (κ1) is 12.5. The van der Waals surface area contributed by atoms with Gasteiger partial charge in [-0.15, -0.1) is 11.3 Å². The lowest BCUT2D eigenvalue weighted by Gasteiger charge is -2.34. The van der Waals surface area contributed by atoms with Crippen molar-refractivity contribution in [1.29, 1.82) is 0 Å². The van der Waals surface area contributed by atoms with E-state index in [0.717, 1.165) is 19.5 Å². The van der Waals surface area contributed by atoms with Gasteiger partial charge in [0.15, 0.2) is 0 Å². The summed E-state index contributed by atoms with van der Waals surface area (Å²) in [7, 11) is 1.46. The van der Waals surface area contributed by atoms with E-state index in [0.29, 0.717) is 12.5 Å². The Kier molecular flexibility index (Phi) is 4.50. The maximum atomic E-state index is 11.4. The summed E-state index contributed by atoms with van der Waals surface area (Å²) < 4.78 is 4.76. The predicted molar refractivity (Wildman–Crippen MR) is 66.8 cm³/mol. The maximum absolute atomic E-state index is 11.4. The molecule has 94 valence electrons. The number of carbonyl (C=O) groups excluding carboxylic acids is 1. The fraction of sp³-hybridized carbons (Fsp3) is 0.667. The largest absolute Gasteiger partial charge is 0.469 e. The van der Waals surface area contributed by atoms with Crippen molar-refractivity contribution in [1.82, 2.24) is 9.88 Å². The summed E-state index contributed by atoms with van der Waals surface area (Å²) in [6.45, 7) is 1.98. The lowest BCUT2D eigenvalue weighted by Crippen LogP contribution is -2.40. The van der Waals surface area contributed by atoms with Crippen LogP contribution >= 0.6 is 11.3 Å². The second-order valence-corrected chi connectivity index (χ2v) is 5.34. The van der Waals surface area contributed by atoms with E-state index in [4.69, 9.17) is 4.74 Å². The molecule has 1 unspecified atom stereocenters. The van der Waals surface area contributed by atoms with Crippen molar-refractivity contribution in [2.24, 2.45) is 0 Å². The van der Waals surface area contributed by atoms with Crippen LogP contribution in [0.1, 0.15) is 30.6 Å². The molecule has 0 amide bonds. The third kappa shape index (κ3) is 3.51. The molecule has 1 aromatic heterocycles. The fourth-order valence-electron chi connectivity index (χ4n) is 2.30. The highest BCUT2D eigenvalue weighted by Gasteiger charge is 2.25. The quantitative estimate of drug-likeness (QED) is 0.771. The van der Waals surface area contributed by atoms with Crippen LogP contribution in [0, 0.1) is 0 Å². The molecule has 4 nitrogen and oxygen atoms in total. The number of nitrogens with zero attached hydrogens (tertiary/aromatic N) is 2. The van der Waals surface area contributed by atoms with E-state index in [1.54, 1.807) is 11.3 Å². The van der Waals surface area contributed by atoms with E-state index in [1.165, 1.54) is 24.8 Å². The van der Waals surface area contributed by atoms with Crippen LogP contribution in [-0.4, -0.2) is 35.5 Å². The number of esters is 1. The zero-order valence-corrected chi connectivity index (χ0v) is 10.9. The molecule has 0 aliphatic carbocycles. The molecule has 0 N–H and O–H groups in total. The van der Waals surface area contributed by atoms with Gasteiger partial charge in [0, 0.05) is 23.7 Å². The van der Waals surface area contributed by atoms with E-state index in [1.807, 2.05) is 11.7 Å². The molecule has 0 aromatic carbocycles. The molecule has 17 heavy (non-hydrogen) atoms. The van der Waals surface area contributed by atoms with Gasteiger partial charge in [-0.3, -0.25) is 14.7 Å². The Bertz CT molecular complexity index is 353. The van der Waals surface area contributed by atoms with Crippen LogP contribution in [0.4, 0.5) is 0 Å². The number of carbonyl (C=O) groups is 1. The number of hydrogen-bond acceptors (Lipinski definition) is 5. The summed E-state index contributed by atoms with van der Waals surface area (Å²) in [6.07, 6.45) is 5.94. The number of piperidine rings is 1. The van der Waals surface area contributed by atoms with Crippen LogP contribution in [0.25, 0.3) is 0 Å². The second-order valence-electron chi connectivity index (χ2n) is 4.37. The van der Waals surface area contributed by atoms with Gasteiger partial charge >= 0.3 is 5.97 Å². The Hall–Kier alpha value is -0.940. The molecule has 1 saturated heterocycles. The van der Waals surface area contributed by atoms with Gasteiger partial charge in [0.25, 0.3) is 0 Å². The average molecular weight is 254 g/mol. The van der Waals surface area contributed by atoms with Crippen LogP contribution in [0.3, 0.4) is 0 Å². The van der Waals surface area contributed by atoms with Crippen molar-refractivity contribution in [3.05, 3.63) is 16.6 Å². The zero-order valence-electron chi connectivity index (χ0n) is 10.1. The van der Waals surface area contributed by atoms with E-state index < -0.39 is 0 Å². The van der Waals surface area contributed by atoms with Crippen LogP contribution in [-0.2, 0) is 16.1 Å². The number of likely N-dealkylation sites (tertiary alicyclic amines) is 1. The summed E-state index contributed by atoms with van der Waals surface area (Å²) in [6, 6.07) is 0.332. The van der Waals surface area contributed by atoms with Gasteiger partial charge < -0.3 is 4.74 Å². The third-order valence-corrected chi connectivity index (χ3v) is 3.99. The Morgan fingerprint density at radius 3 is 3.24 bits per heavy atom. The van der Waals surface area contributed by atoms with Crippen molar-refractivity contribution in [3.63, 3.8) is 0 Å². The van der Waals surface area contributed by atoms with E-state index in [-0.39, 0.29) is 5.97 Å². The Morgan fingerprint density at radius 2 is 2.53 bits per heavy atom. The van der Waals surface area contributed by atoms with Crippen LogP contribution in [0.5, 0.6) is 0 Å². The minimum atomic E-state index is -0.105. The molecular formula is C12H18N2O2S. The second kappa shape index (κ2) is 6.12. The Balaban J connectivity index is 1.94. The molecule has 1 aromatic rings. The molecule has 0 saturated carbocycles. The topological polar surface area (TPSA) is 42.4 Å². The van der Waals surface area contributed by atoms with Crippen molar-refractivity contribution in [2.45, 2.75) is 38.3 Å². The smallest absolute Gasteiger partial charge is 0.307 e. The highest BCUT2D eigenvalue weighted by atomic mass is 32.1.